The number of rotatable bonds is 3. The van der Waals surface area contributed by atoms with Gasteiger partial charge in [0.15, 0.2) is 0 Å². The first kappa shape index (κ1) is 11.7. The van der Waals surface area contributed by atoms with Gasteiger partial charge in [-0.2, -0.15) is 0 Å². The molecule has 5 heteroatoms. The Morgan fingerprint density at radius 3 is 2.57 bits per heavy atom. The Hall–Kier alpha value is -0.410. The zero-order valence-electron chi connectivity index (χ0n) is 8.10. The van der Waals surface area contributed by atoms with E-state index in [1.54, 1.807) is 6.07 Å². The van der Waals surface area contributed by atoms with E-state index in [1.165, 1.54) is 0 Å². The molecule has 0 saturated heterocycles. The molecule has 0 aliphatic carbocycles. The maximum Gasteiger partial charge on any atom is 0.375 e. The monoisotopic (exact) mass is 232 g/mol. The fourth-order valence-corrected chi connectivity index (χ4v) is 1.88. The van der Waals surface area contributed by atoms with Crippen LogP contribution >= 0.6 is 6.72 Å². The van der Waals surface area contributed by atoms with Crippen LogP contribution in [0.5, 0.6) is 5.75 Å². The Kier molecular flexibility index (Phi) is 3.67. The number of aryl methyl sites for hydroxylation is 2. The SMILES string of the molecule is CCc1cc(C)ccc1OP(O)(O)=S. The summed E-state index contributed by atoms with van der Waals surface area (Å²) in [7, 11) is 0. The van der Waals surface area contributed by atoms with Crippen LogP contribution in [-0.2, 0) is 18.2 Å². The Labute approximate surface area is 88.6 Å². The van der Waals surface area contributed by atoms with E-state index in [1.807, 2.05) is 26.0 Å². The lowest BCUT2D eigenvalue weighted by atomic mass is 10.1. The lowest BCUT2D eigenvalue weighted by molar-refractivity contribution is 0.369. The maximum atomic E-state index is 9.02. The summed E-state index contributed by atoms with van der Waals surface area (Å²) in [5, 5.41) is 0. The molecule has 2 N–H and O–H groups in total. The van der Waals surface area contributed by atoms with E-state index in [4.69, 9.17) is 14.3 Å². The second-order valence-electron chi connectivity index (χ2n) is 3.05. The van der Waals surface area contributed by atoms with Crippen LogP contribution in [0.15, 0.2) is 18.2 Å². The van der Waals surface area contributed by atoms with Crippen molar-refractivity contribution in [1.29, 1.82) is 0 Å². The highest BCUT2D eigenvalue weighted by molar-refractivity contribution is 8.06. The summed E-state index contributed by atoms with van der Waals surface area (Å²) in [6.45, 7) is 0.332. The smallest absolute Gasteiger partial charge is 0.375 e. The fourth-order valence-electron chi connectivity index (χ4n) is 1.20. The third kappa shape index (κ3) is 3.39. The maximum absolute atomic E-state index is 9.02. The topological polar surface area (TPSA) is 49.7 Å². The average Bonchev–Trinajstić information content (AvgIpc) is 2.06. The normalized spacial score (nSPS) is 11.4. The highest BCUT2D eigenvalue weighted by Gasteiger charge is 2.12. The Bertz CT molecular complexity index is 372. The minimum absolute atomic E-state index is 0.464. The Morgan fingerprint density at radius 2 is 2.07 bits per heavy atom. The molecule has 3 nitrogen and oxygen atoms in total. The number of hydrogen-bond donors (Lipinski definition) is 2. The number of hydrogen-bond acceptors (Lipinski definition) is 2. The lowest BCUT2D eigenvalue weighted by Gasteiger charge is -2.13. The average molecular weight is 232 g/mol. The molecule has 1 aromatic rings. The van der Waals surface area contributed by atoms with Crippen LogP contribution < -0.4 is 4.52 Å². The molecular weight excluding hydrogens is 219 g/mol. The van der Waals surface area contributed by atoms with E-state index in [-0.39, 0.29) is 0 Å². The molecule has 0 spiro atoms. The Morgan fingerprint density at radius 1 is 1.43 bits per heavy atom. The molecule has 1 rings (SSSR count). The van der Waals surface area contributed by atoms with Gasteiger partial charge in [-0.15, -0.1) is 0 Å². The van der Waals surface area contributed by atoms with Crippen LogP contribution in [0.4, 0.5) is 0 Å². The zero-order valence-corrected chi connectivity index (χ0v) is 9.81. The standard InChI is InChI=1S/C9H13O3PS/c1-3-8-6-7(2)4-5-9(8)12-13(10,11)14/h4-6H,3H2,1-2H3,(H2,10,11,14). The van der Waals surface area contributed by atoms with Gasteiger partial charge < -0.3 is 14.3 Å². The van der Waals surface area contributed by atoms with Crippen molar-refractivity contribution < 1.29 is 14.3 Å². The molecule has 0 bridgehead atoms. The Balaban J connectivity index is 3.03. The second-order valence-corrected chi connectivity index (χ2v) is 5.64. The van der Waals surface area contributed by atoms with Gasteiger partial charge >= 0.3 is 6.72 Å². The summed E-state index contributed by atoms with van der Waals surface area (Å²) in [5.74, 6) is 0.464. The molecule has 0 heterocycles. The molecule has 0 unspecified atom stereocenters. The molecular formula is C9H13O3PS. The molecule has 0 radical (unpaired) electrons. The first-order valence-electron chi connectivity index (χ1n) is 4.27. The summed E-state index contributed by atoms with van der Waals surface area (Å²) < 4.78 is 4.92. The van der Waals surface area contributed by atoms with Crippen molar-refractivity contribution in [2.24, 2.45) is 0 Å². The molecule has 14 heavy (non-hydrogen) atoms. The van der Waals surface area contributed by atoms with Crippen molar-refractivity contribution in [3.8, 4) is 5.75 Å². The molecule has 0 aliphatic rings. The predicted molar refractivity (Wildman–Crippen MR) is 59.9 cm³/mol. The van der Waals surface area contributed by atoms with Crippen molar-refractivity contribution in [3.63, 3.8) is 0 Å². The van der Waals surface area contributed by atoms with Gasteiger partial charge in [0.1, 0.15) is 5.75 Å². The first-order valence-corrected chi connectivity index (χ1v) is 6.89. The van der Waals surface area contributed by atoms with E-state index < -0.39 is 6.72 Å². The van der Waals surface area contributed by atoms with Crippen molar-refractivity contribution in [1.82, 2.24) is 0 Å². The van der Waals surface area contributed by atoms with Crippen molar-refractivity contribution in [2.45, 2.75) is 20.3 Å². The summed E-state index contributed by atoms with van der Waals surface area (Å²) in [5.41, 5.74) is 2.04. The summed E-state index contributed by atoms with van der Waals surface area (Å²) in [4.78, 5) is 18.0. The van der Waals surface area contributed by atoms with Gasteiger partial charge in [-0.25, -0.2) is 0 Å². The molecule has 0 aliphatic heterocycles. The highest BCUT2D eigenvalue weighted by Crippen LogP contribution is 2.39. The van der Waals surface area contributed by atoms with Gasteiger partial charge in [0, 0.05) is 11.8 Å². The van der Waals surface area contributed by atoms with Crippen LogP contribution in [0.2, 0.25) is 0 Å². The van der Waals surface area contributed by atoms with Gasteiger partial charge in [0.2, 0.25) is 0 Å². The lowest BCUT2D eigenvalue weighted by Crippen LogP contribution is -1.94. The van der Waals surface area contributed by atoms with Crippen LogP contribution in [0, 0.1) is 6.92 Å². The quantitative estimate of drug-likeness (QED) is 0.784. The van der Waals surface area contributed by atoms with Crippen molar-refractivity contribution >= 4 is 18.5 Å². The molecule has 0 aromatic heterocycles. The first-order chi connectivity index (χ1) is 6.42. The summed E-state index contributed by atoms with van der Waals surface area (Å²) in [6, 6.07) is 5.50. The van der Waals surface area contributed by atoms with E-state index >= 15 is 0 Å². The number of benzene rings is 1. The van der Waals surface area contributed by atoms with E-state index in [2.05, 4.69) is 11.8 Å². The largest absolute Gasteiger partial charge is 0.424 e. The zero-order chi connectivity index (χ0) is 10.8. The van der Waals surface area contributed by atoms with Gasteiger partial charge in [0.05, 0.1) is 0 Å². The van der Waals surface area contributed by atoms with E-state index in [0.29, 0.717) is 5.75 Å². The fraction of sp³-hybridized carbons (Fsp3) is 0.333. The van der Waals surface area contributed by atoms with Crippen LogP contribution in [0.1, 0.15) is 18.1 Å². The molecule has 0 atom stereocenters. The van der Waals surface area contributed by atoms with Gasteiger partial charge in [-0.3, -0.25) is 0 Å². The highest BCUT2D eigenvalue weighted by atomic mass is 32.5. The van der Waals surface area contributed by atoms with Crippen LogP contribution in [0.25, 0.3) is 0 Å². The third-order valence-electron chi connectivity index (χ3n) is 1.81. The molecule has 0 fully saturated rings. The minimum atomic E-state index is -3.61. The van der Waals surface area contributed by atoms with Crippen molar-refractivity contribution in [2.75, 3.05) is 0 Å². The van der Waals surface area contributed by atoms with Gasteiger partial charge in [-0.05, 0) is 25.0 Å². The summed E-state index contributed by atoms with van der Waals surface area (Å²) >= 11 is 4.41. The van der Waals surface area contributed by atoms with E-state index in [9.17, 15) is 0 Å². The minimum Gasteiger partial charge on any atom is -0.424 e. The van der Waals surface area contributed by atoms with Gasteiger partial charge in [-0.1, -0.05) is 24.6 Å². The second kappa shape index (κ2) is 4.41. The molecule has 78 valence electrons. The predicted octanol–water partition coefficient (Wildman–Crippen LogP) is 2.15. The van der Waals surface area contributed by atoms with Crippen LogP contribution in [0.3, 0.4) is 0 Å². The third-order valence-corrected chi connectivity index (χ3v) is 2.47. The molecule has 1 aromatic carbocycles. The van der Waals surface area contributed by atoms with Crippen LogP contribution in [-0.4, -0.2) is 9.79 Å². The van der Waals surface area contributed by atoms with Crippen molar-refractivity contribution in [3.05, 3.63) is 29.3 Å². The molecule has 0 amide bonds. The van der Waals surface area contributed by atoms with E-state index in [0.717, 1.165) is 17.5 Å². The van der Waals surface area contributed by atoms with Gasteiger partial charge in [0.25, 0.3) is 0 Å². The summed E-state index contributed by atoms with van der Waals surface area (Å²) in [6.07, 6.45) is 0.770. The molecule has 0 saturated carbocycles.